The van der Waals surface area contributed by atoms with Crippen LogP contribution in [0.3, 0.4) is 0 Å². The van der Waals surface area contributed by atoms with E-state index in [4.69, 9.17) is 0 Å². The monoisotopic (exact) mass is 311 g/mol. The Balaban J connectivity index is 2.80. The molecule has 0 N–H and O–H groups in total. The smallest absolute Gasteiger partial charge is 0.305 e. The molecule has 0 atom stereocenters. The van der Waals surface area contributed by atoms with Gasteiger partial charge in [0.05, 0.1) is 12.0 Å². The third kappa shape index (κ3) is 4.51. The molecule has 0 unspecified atom stereocenters. The van der Waals surface area contributed by atoms with E-state index in [0.717, 1.165) is 24.3 Å². The third-order valence-corrected chi connectivity index (χ3v) is 2.70. The Morgan fingerprint density at radius 1 is 1.14 bits per heavy atom. The highest BCUT2D eigenvalue weighted by molar-refractivity contribution is 5.91. The van der Waals surface area contributed by atoms with Gasteiger partial charge in [0, 0.05) is 25.0 Å². The number of anilines is 1. The van der Waals surface area contributed by atoms with Crippen molar-refractivity contribution in [3.63, 3.8) is 0 Å². The predicted molar refractivity (Wildman–Crippen MR) is 73.4 cm³/mol. The third-order valence-electron chi connectivity index (χ3n) is 2.70. The van der Waals surface area contributed by atoms with Gasteiger partial charge in [0.15, 0.2) is 5.03 Å². The molecule has 0 aliphatic rings. The lowest BCUT2D eigenvalue weighted by molar-refractivity contribution is -0.484. The van der Waals surface area contributed by atoms with Gasteiger partial charge in [-0.3, -0.25) is 19.7 Å². The molecule has 0 saturated carbocycles. The topological polar surface area (TPSA) is 133 Å². The Hall–Kier alpha value is -3.04. The fraction of sp³-hybridized carbons (Fsp3) is 0.333. The van der Waals surface area contributed by atoms with Crippen molar-refractivity contribution in [1.82, 2.24) is 0 Å². The Labute approximate surface area is 124 Å². The summed E-state index contributed by atoms with van der Waals surface area (Å²) in [5.74, 6) is -1.35. The van der Waals surface area contributed by atoms with Crippen molar-refractivity contribution in [2.24, 2.45) is 0 Å². The second kappa shape index (κ2) is 7.67. The number of esters is 1. The van der Waals surface area contributed by atoms with Gasteiger partial charge in [0.2, 0.25) is 0 Å². The van der Waals surface area contributed by atoms with E-state index in [0.29, 0.717) is 5.01 Å². The summed E-state index contributed by atoms with van der Waals surface area (Å²) in [5, 5.41) is 20.9. The molecular formula is C12H13N3O7. The summed E-state index contributed by atoms with van der Waals surface area (Å²) in [6.45, 7) is 0. The lowest BCUT2D eigenvalue weighted by atomic mass is 10.2. The number of carbonyl (C=O) groups is 2. The van der Waals surface area contributed by atoms with Crippen LogP contribution < -0.4 is 5.01 Å². The van der Waals surface area contributed by atoms with E-state index in [1.807, 2.05) is 0 Å². The van der Waals surface area contributed by atoms with Gasteiger partial charge in [-0.15, -0.1) is 0 Å². The number of ether oxygens (including phenoxy) is 1. The highest BCUT2D eigenvalue weighted by Gasteiger charge is 2.26. The van der Waals surface area contributed by atoms with Crippen molar-refractivity contribution in [2.45, 2.75) is 19.3 Å². The summed E-state index contributed by atoms with van der Waals surface area (Å²) in [6.07, 6.45) is -0.163. The first-order valence-electron chi connectivity index (χ1n) is 6.15. The van der Waals surface area contributed by atoms with Crippen LogP contribution in [0.25, 0.3) is 0 Å². The molecule has 0 saturated heterocycles. The molecule has 0 bridgehead atoms. The molecule has 10 heteroatoms. The van der Waals surface area contributed by atoms with Crippen LogP contribution in [-0.2, 0) is 14.3 Å². The van der Waals surface area contributed by atoms with Gasteiger partial charge >= 0.3 is 5.97 Å². The van der Waals surface area contributed by atoms with Gasteiger partial charge in [-0.2, -0.15) is 0 Å². The highest BCUT2D eigenvalue weighted by atomic mass is 16.7. The van der Waals surface area contributed by atoms with Crippen LogP contribution in [0.2, 0.25) is 0 Å². The largest absolute Gasteiger partial charge is 0.469 e. The van der Waals surface area contributed by atoms with Gasteiger partial charge in [0.25, 0.3) is 11.6 Å². The molecule has 118 valence electrons. The van der Waals surface area contributed by atoms with E-state index >= 15 is 0 Å². The van der Waals surface area contributed by atoms with E-state index in [9.17, 15) is 29.8 Å². The SMILES string of the molecule is COC(=O)CCCC(=O)N(c1ccc([N+](=O)[O-])cc1)[N+](=O)[O-]. The van der Waals surface area contributed by atoms with Crippen LogP contribution in [-0.4, -0.2) is 28.9 Å². The van der Waals surface area contributed by atoms with Gasteiger partial charge in [0.1, 0.15) is 5.69 Å². The molecule has 10 nitrogen and oxygen atoms in total. The van der Waals surface area contributed by atoms with E-state index in [1.165, 1.54) is 7.11 Å². The lowest BCUT2D eigenvalue weighted by Gasteiger charge is -2.11. The minimum Gasteiger partial charge on any atom is -0.469 e. The number of amides is 1. The number of rotatable bonds is 7. The molecule has 1 rings (SSSR count). The number of nitro groups is 2. The van der Waals surface area contributed by atoms with Crippen molar-refractivity contribution in [3.05, 3.63) is 44.5 Å². The zero-order valence-electron chi connectivity index (χ0n) is 11.6. The number of nitrogens with zero attached hydrogens (tertiary/aromatic N) is 3. The van der Waals surface area contributed by atoms with Crippen LogP contribution in [0.4, 0.5) is 11.4 Å². The number of hydrogen-bond donors (Lipinski definition) is 0. The Morgan fingerprint density at radius 2 is 1.73 bits per heavy atom. The second-order valence-electron chi connectivity index (χ2n) is 4.15. The quantitative estimate of drug-likeness (QED) is 0.422. The molecule has 0 radical (unpaired) electrons. The molecule has 0 heterocycles. The van der Waals surface area contributed by atoms with Gasteiger partial charge in [-0.05, 0) is 23.6 Å². The van der Waals surface area contributed by atoms with Crippen molar-refractivity contribution in [3.8, 4) is 0 Å². The fourth-order valence-electron chi connectivity index (χ4n) is 1.64. The molecule has 0 aliphatic carbocycles. The Kier molecular flexibility index (Phi) is 5.93. The first kappa shape index (κ1) is 17.0. The first-order chi connectivity index (χ1) is 10.4. The maximum absolute atomic E-state index is 11.9. The molecule has 1 amide bonds. The van der Waals surface area contributed by atoms with Crippen LogP contribution in [0.15, 0.2) is 24.3 Å². The summed E-state index contributed by atoms with van der Waals surface area (Å²) < 4.78 is 4.40. The minimum atomic E-state index is -0.915. The number of non-ortho nitro benzene ring substituents is 1. The van der Waals surface area contributed by atoms with Crippen molar-refractivity contribution in [2.75, 3.05) is 12.1 Å². The maximum atomic E-state index is 11.9. The zero-order valence-corrected chi connectivity index (χ0v) is 11.6. The van der Waals surface area contributed by atoms with Gasteiger partial charge < -0.3 is 4.74 Å². The van der Waals surface area contributed by atoms with E-state index < -0.39 is 21.8 Å². The second-order valence-corrected chi connectivity index (χ2v) is 4.15. The highest BCUT2D eigenvalue weighted by Crippen LogP contribution is 2.20. The lowest BCUT2D eigenvalue weighted by Crippen LogP contribution is -2.36. The van der Waals surface area contributed by atoms with Crippen molar-refractivity contribution in [1.29, 1.82) is 0 Å². The summed E-state index contributed by atoms with van der Waals surface area (Å²) in [6, 6.07) is 4.35. The van der Waals surface area contributed by atoms with E-state index in [-0.39, 0.29) is 30.6 Å². The average molecular weight is 311 g/mol. The number of carbonyl (C=O) groups excluding carboxylic acids is 2. The van der Waals surface area contributed by atoms with Crippen LogP contribution in [0.1, 0.15) is 19.3 Å². The Morgan fingerprint density at radius 3 is 2.18 bits per heavy atom. The normalized spacial score (nSPS) is 9.86. The molecule has 0 aromatic heterocycles. The fourth-order valence-corrected chi connectivity index (χ4v) is 1.64. The van der Waals surface area contributed by atoms with Crippen molar-refractivity contribution >= 4 is 23.3 Å². The zero-order chi connectivity index (χ0) is 16.7. The maximum Gasteiger partial charge on any atom is 0.305 e. The summed E-state index contributed by atoms with van der Waals surface area (Å²) >= 11 is 0. The van der Waals surface area contributed by atoms with Crippen LogP contribution in [0, 0.1) is 20.2 Å². The summed E-state index contributed by atoms with van der Waals surface area (Å²) in [5.41, 5.74) is -0.344. The molecule has 0 aliphatic heterocycles. The number of hydrogen-bond acceptors (Lipinski definition) is 7. The summed E-state index contributed by atoms with van der Waals surface area (Å²) in [7, 11) is 1.20. The average Bonchev–Trinajstić information content (AvgIpc) is 2.47. The van der Waals surface area contributed by atoms with E-state index in [2.05, 4.69) is 4.74 Å². The van der Waals surface area contributed by atoms with Crippen LogP contribution in [0.5, 0.6) is 0 Å². The molecule has 1 aromatic rings. The number of benzene rings is 1. The predicted octanol–water partition coefficient (Wildman–Crippen LogP) is 1.46. The number of hydrazine groups is 1. The molecule has 0 spiro atoms. The summed E-state index contributed by atoms with van der Waals surface area (Å²) in [4.78, 5) is 43.7. The number of methoxy groups -OCH3 is 1. The van der Waals surface area contributed by atoms with Crippen molar-refractivity contribution < 1.29 is 24.3 Å². The molecule has 0 fully saturated rings. The standard InChI is InChI=1S/C12H13N3O7/c1-22-12(17)4-2-3-11(16)13(15(20)21)9-5-7-10(8-6-9)14(18)19/h5-8H,2-4H2,1H3. The minimum absolute atomic E-state index is 0.0337. The van der Waals surface area contributed by atoms with Gasteiger partial charge in [-0.1, -0.05) is 0 Å². The van der Waals surface area contributed by atoms with Crippen LogP contribution >= 0.6 is 0 Å². The first-order valence-corrected chi connectivity index (χ1v) is 6.15. The van der Waals surface area contributed by atoms with Gasteiger partial charge in [-0.25, -0.2) is 10.1 Å². The molecule has 22 heavy (non-hydrogen) atoms. The molecule has 1 aromatic carbocycles. The number of nitro benzene ring substituents is 1. The van der Waals surface area contributed by atoms with E-state index in [1.54, 1.807) is 0 Å². The Bertz CT molecular complexity index is 585. The molecular weight excluding hydrogens is 298 g/mol.